The number of primary amides is 1. The third-order valence-electron chi connectivity index (χ3n) is 1.77. The SMILES string of the molecule is CC(NS(=O)(=O)c1ccnc(Cl)c1)C(N)=O. The molecule has 1 atom stereocenters. The quantitative estimate of drug-likeness (QED) is 0.740. The van der Waals surface area contributed by atoms with Crippen LogP contribution in [0, 0.1) is 0 Å². The van der Waals surface area contributed by atoms with Gasteiger partial charge in [-0.2, -0.15) is 4.72 Å². The molecule has 0 bridgehead atoms. The van der Waals surface area contributed by atoms with Gasteiger partial charge >= 0.3 is 0 Å². The van der Waals surface area contributed by atoms with Crippen LogP contribution in [-0.4, -0.2) is 25.4 Å². The number of nitrogens with zero attached hydrogens (tertiary/aromatic N) is 1. The lowest BCUT2D eigenvalue weighted by molar-refractivity contribution is -0.119. The van der Waals surface area contributed by atoms with E-state index in [-0.39, 0.29) is 10.0 Å². The molecule has 0 aliphatic rings. The number of hydrogen-bond donors (Lipinski definition) is 2. The number of halogens is 1. The first-order chi connectivity index (χ1) is 7.33. The minimum Gasteiger partial charge on any atom is -0.368 e. The van der Waals surface area contributed by atoms with E-state index in [1.54, 1.807) is 0 Å². The highest BCUT2D eigenvalue weighted by Crippen LogP contribution is 2.12. The van der Waals surface area contributed by atoms with Gasteiger partial charge in [-0.15, -0.1) is 0 Å². The minimum absolute atomic E-state index is 0.0506. The molecule has 1 rings (SSSR count). The molecular weight excluding hydrogens is 254 g/mol. The van der Waals surface area contributed by atoms with E-state index < -0.39 is 22.0 Å². The standard InChI is InChI=1S/C8H10ClN3O3S/c1-5(8(10)13)12-16(14,15)6-2-3-11-7(9)4-6/h2-5,12H,1H3,(H2,10,13). The molecule has 0 fully saturated rings. The lowest BCUT2D eigenvalue weighted by Gasteiger charge is -2.10. The van der Waals surface area contributed by atoms with Crippen molar-refractivity contribution in [3.8, 4) is 0 Å². The highest BCUT2D eigenvalue weighted by Gasteiger charge is 2.20. The predicted octanol–water partition coefficient (Wildman–Crippen LogP) is -0.113. The molecule has 0 saturated carbocycles. The van der Waals surface area contributed by atoms with Gasteiger partial charge in [0.05, 0.1) is 10.9 Å². The van der Waals surface area contributed by atoms with Crippen molar-refractivity contribution in [2.45, 2.75) is 17.9 Å². The summed E-state index contributed by atoms with van der Waals surface area (Å²) in [5.74, 6) is -0.760. The van der Waals surface area contributed by atoms with Crippen molar-refractivity contribution in [3.05, 3.63) is 23.5 Å². The predicted molar refractivity (Wildman–Crippen MR) is 58.2 cm³/mol. The Bertz CT molecular complexity index is 503. The Kier molecular flexibility index (Phi) is 3.84. The van der Waals surface area contributed by atoms with Crippen LogP contribution in [0.15, 0.2) is 23.2 Å². The van der Waals surface area contributed by atoms with Crippen molar-refractivity contribution < 1.29 is 13.2 Å². The van der Waals surface area contributed by atoms with Gasteiger partial charge in [0.1, 0.15) is 5.15 Å². The monoisotopic (exact) mass is 263 g/mol. The van der Waals surface area contributed by atoms with Gasteiger partial charge in [-0.05, 0) is 19.1 Å². The summed E-state index contributed by atoms with van der Waals surface area (Å²) < 4.78 is 25.5. The molecule has 6 nitrogen and oxygen atoms in total. The number of nitrogens with one attached hydrogen (secondary N) is 1. The lowest BCUT2D eigenvalue weighted by Crippen LogP contribution is -2.42. The summed E-state index contributed by atoms with van der Waals surface area (Å²) in [6.07, 6.45) is 1.26. The Hall–Kier alpha value is -1.18. The number of hydrogen-bond acceptors (Lipinski definition) is 4. The van der Waals surface area contributed by atoms with Crippen LogP contribution in [0.1, 0.15) is 6.92 Å². The van der Waals surface area contributed by atoms with Crippen molar-refractivity contribution >= 4 is 27.5 Å². The lowest BCUT2D eigenvalue weighted by atomic mass is 10.4. The third-order valence-corrected chi connectivity index (χ3v) is 3.51. The zero-order valence-corrected chi connectivity index (χ0v) is 9.92. The van der Waals surface area contributed by atoms with Crippen molar-refractivity contribution in [3.63, 3.8) is 0 Å². The first kappa shape index (κ1) is 12.9. The van der Waals surface area contributed by atoms with Crippen molar-refractivity contribution in [2.24, 2.45) is 5.73 Å². The number of pyridine rings is 1. The van der Waals surface area contributed by atoms with Gasteiger partial charge in [0, 0.05) is 6.20 Å². The number of rotatable bonds is 4. The van der Waals surface area contributed by atoms with Crippen LogP contribution in [0.2, 0.25) is 5.15 Å². The van der Waals surface area contributed by atoms with Crippen molar-refractivity contribution in [2.75, 3.05) is 0 Å². The molecule has 1 aromatic heterocycles. The number of carbonyl (C=O) groups excluding carboxylic acids is 1. The summed E-state index contributed by atoms with van der Waals surface area (Å²) in [7, 11) is -3.80. The zero-order valence-electron chi connectivity index (χ0n) is 8.34. The summed E-state index contributed by atoms with van der Waals surface area (Å²) in [6, 6.07) is 1.46. The van der Waals surface area contributed by atoms with Gasteiger partial charge in [0.15, 0.2) is 0 Å². The molecule has 88 valence electrons. The summed E-state index contributed by atoms with van der Waals surface area (Å²) in [4.78, 5) is 14.3. The molecule has 0 aliphatic carbocycles. The van der Waals surface area contributed by atoms with Crippen molar-refractivity contribution in [1.82, 2.24) is 9.71 Å². The van der Waals surface area contributed by atoms with E-state index in [9.17, 15) is 13.2 Å². The van der Waals surface area contributed by atoms with Crippen molar-refractivity contribution in [1.29, 1.82) is 0 Å². The first-order valence-electron chi connectivity index (χ1n) is 4.26. The van der Waals surface area contributed by atoms with E-state index in [0.717, 1.165) is 0 Å². The maximum Gasteiger partial charge on any atom is 0.241 e. The fourth-order valence-electron chi connectivity index (χ4n) is 0.911. The van der Waals surface area contributed by atoms with Gasteiger partial charge in [-0.1, -0.05) is 11.6 Å². The van der Waals surface area contributed by atoms with Gasteiger partial charge < -0.3 is 5.73 Å². The van der Waals surface area contributed by atoms with Crippen LogP contribution in [0.3, 0.4) is 0 Å². The van der Waals surface area contributed by atoms with Gasteiger partial charge in [-0.3, -0.25) is 4.79 Å². The van der Waals surface area contributed by atoms with Crippen LogP contribution in [0.25, 0.3) is 0 Å². The fraction of sp³-hybridized carbons (Fsp3) is 0.250. The molecule has 8 heteroatoms. The maximum atomic E-state index is 11.7. The molecule has 1 aromatic rings. The highest BCUT2D eigenvalue weighted by atomic mass is 35.5. The molecule has 0 radical (unpaired) electrons. The van der Waals surface area contributed by atoms with Gasteiger partial charge in [0.2, 0.25) is 15.9 Å². The van der Waals surface area contributed by atoms with Crippen LogP contribution >= 0.6 is 11.6 Å². The van der Waals surface area contributed by atoms with Crippen LogP contribution in [0.4, 0.5) is 0 Å². The van der Waals surface area contributed by atoms with E-state index in [1.807, 2.05) is 0 Å². The second-order valence-electron chi connectivity index (χ2n) is 3.06. The molecular formula is C8H10ClN3O3S. The average molecular weight is 264 g/mol. The Labute approximate surface area is 97.9 Å². The molecule has 0 aliphatic heterocycles. The molecule has 3 N–H and O–H groups in total. The van der Waals surface area contributed by atoms with E-state index in [1.165, 1.54) is 25.3 Å². The smallest absolute Gasteiger partial charge is 0.241 e. The number of nitrogens with two attached hydrogens (primary N) is 1. The maximum absolute atomic E-state index is 11.7. The molecule has 1 heterocycles. The first-order valence-corrected chi connectivity index (χ1v) is 6.12. The Morgan fingerprint density at radius 1 is 1.62 bits per heavy atom. The molecule has 16 heavy (non-hydrogen) atoms. The number of carbonyl (C=O) groups is 1. The number of aromatic nitrogens is 1. The summed E-state index contributed by atoms with van der Waals surface area (Å²) in [5.41, 5.74) is 4.95. The normalized spacial score (nSPS) is 13.4. The van der Waals surface area contributed by atoms with E-state index in [2.05, 4.69) is 9.71 Å². The van der Waals surface area contributed by atoms with Crippen LogP contribution < -0.4 is 10.5 Å². The van der Waals surface area contributed by atoms with Crippen LogP contribution in [-0.2, 0) is 14.8 Å². The Morgan fingerprint density at radius 2 is 2.25 bits per heavy atom. The summed E-state index contributed by atoms with van der Waals surface area (Å²) in [6.45, 7) is 1.35. The number of sulfonamides is 1. The average Bonchev–Trinajstić information content (AvgIpc) is 2.17. The van der Waals surface area contributed by atoms with E-state index in [0.29, 0.717) is 0 Å². The fourth-order valence-corrected chi connectivity index (χ4v) is 2.37. The summed E-state index contributed by atoms with van der Waals surface area (Å²) >= 11 is 5.56. The summed E-state index contributed by atoms with van der Waals surface area (Å²) in [5, 5.41) is 0.0506. The Morgan fingerprint density at radius 3 is 2.75 bits per heavy atom. The Balaban J connectivity index is 2.99. The van der Waals surface area contributed by atoms with Gasteiger partial charge in [0.25, 0.3) is 0 Å². The largest absolute Gasteiger partial charge is 0.368 e. The molecule has 0 saturated heterocycles. The van der Waals surface area contributed by atoms with E-state index >= 15 is 0 Å². The van der Waals surface area contributed by atoms with Gasteiger partial charge in [-0.25, -0.2) is 13.4 Å². The molecule has 1 unspecified atom stereocenters. The molecule has 0 aromatic carbocycles. The zero-order chi connectivity index (χ0) is 12.3. The highest BCUT2D eigenvalue weighted by molar-refractivity contribution is 7.89. The minimum atomic E-state index is -3.80. The third kappa shape index (κ3) is 3.16. The topological polar surface area (TPSA) is 102 Å². The molecule has 0 spiro atoms. The molecule has 1 amide bonds. The second kappa shape index (κ2) is 4.77. The number of amides is 1. The van der Waals surface area contributed by atoms with E-state index in [4.69, 9.17) is 17.3 Å². The second-order valence-corrected chi connectivity index (χ2v) is 5.16. The van der Waals surface area contributed by atoms with Crippen LogP contribution in [0.5, 0.6) is 0 Å².